The molecule has 6 heteroatoms. The summed E-state index contributed by atoms with van der Waals surface area (Å²) in [5.41, 5.74) is 5.83. The fourth-order valence-electron chi connectivity index (χ4n) is 1.37. The molecule has 0 fully saturated rings. The average molecular weight is 270 g/mol. The number of amides is 1. The molecule has 19 heavy (non-hydrogen) atoms. The maximum absolute atomic E-state index is 13.0. The molecule has 5 nitrogen and oxygen atoms in total. The number of halogens is 1. The maximum Gasteiger partial charge on any atom is 0.253 e. The van der Waals surface area contributed by atoms with Crippen LogP contribution < -0.4 is 11.1 Å². The SMILES string of the molecule is CCOCCOC(C)C(=O)Nc1ccc(F)c(N)c1. The topological polar surface area (TPSA) is 73.6 Å². The molecular weight excluding hydrogens is 251 g/mol. The molecule has 1 aromatic carbocycles. The van der Waals surface area contributed by atoms with Crippen molar-refractivity contribution in [1.82, 2.24) is 0 Å². The first-order valence-electron chi connectivity index (χ1n) is 6.09. The number of hydrogen-bond acceptors (Lipinski definition) is 4. The minimum atomic E-state index is -0.619. The van der Waals surface area contributed by atoms with E-state index in [0.29, 0.717) is 25.5 Å². The van der Waals surface area contributed by atoms with E-state index >= 15 is 0 Å². The Morgan fingerprint density at radius 2 is 2.21 bits per heavy atom. The number of benzene rings is 1. The van der Waals surface area contributed by atoms with Gasteiger partial charge in [0.05, 0.1) is 18.9 Å². The van der Waals surface area contributed by atoms with Crippen molar-refractivity contribution in [3.05, 3.63) is 24.0 Å². The van der Waals surface area contributed by atoms with Crippen LogP contribution >= 0.6 is 0 Å². The van der Waals surface area contributed by atoms with Crippen LogP contribution in [-0.4, -0.2) is 31.8 Å². The van der Waals surface area contributed by atoms with Gasteiger partial charge in [-0.1, -0.05) is 0 Å². The Hall–Kier alpha value is -1.66. The van der Waals surface area contributed by atoms with E-state index in [0.717, 1.165) is 0 Å². The fraction of sp³-hybridized carbons (Fsp3) is 0.462. The van der Waals surface area contributed by atoms with E-state index in [1.54, 1.807) is 6.92 Å². The molecule has 1 atom stereocenters. The highest BCUT2D eigenvalue weighted by atomic mass is 19.1. The normalized spacial score (nSPS) is 12.2. The molecule has 0 aliphatic carbocycles. The van der Waals surface area contributed by atoms with E-state index in [1.807, 2.05) is 6.92 Å². The van der Waals surface area contributed by atoms with Crippen molar-refractivity contribution < 1.29 is 18.7 Å². The Morgan fingerprint density at radius 1 is 1.47 bits per heavy atom. The third-order valence-electron chi connectivity index (χ3n) is 2.43. The lowest BCUT2D eigenvalue weighted by atomic mass is 10.2. The second-order valence-corrected chi connectivity index (χ2v) is 3.94. The minimum Gasteiger partial charge on any atom is -0.396 e. The molecule has 1 aromatic rings. The minimum absolute atomic E-state index is 0.0114. The molecule has 0 spiro atoms. The van der Waals surface area contributed by atoms with E-state index in [1.165, 1.54) is 18.2 Å². The summed E-state index contributed by atoms with van der Waals surface area (Å²) in [5, 5.41) is 2.60. The Labute approximate surface area is 111 Å². The molecule has 0 heterocycles. The molecule has 0 aliphatic rings. The lowest BCUT2D eigenvalue weighted by Crippen LogP contribution is -2.28. The van der Waals surface area contributed by atoms with Crippen molar-refractivity contribution in [2.75, 3.05) is 30.9 Å². The van der Waals surface area contributed by atoms with Crippen LogP contribution in [-0.2, 0) is 14.3 Å². The van der Waals surface area contributed by atoms with Gasteiger partial charge in [0, 0.05) is 12.3 Å². The Balaban J connectivity index is 2.42. The summed E-state index contributed by atoms with van der Waals surface area (Å²) in [6.45, 7) is 4.91. The van der Waals surface area contributed by atoms with Crippen molar-refractivity contribution in [2.24, 2.45) is 0 Å². The van der Waals surface area contributed by atoms with Gasteiger partial charge < -0.3 is 20.5 Å². The summed E-state index contributed by atoms with van der Waals surface area (Å²) in [5.74, 6) is -0.832. The summed E-state index contributed by atoms with van der Waals surface area (Å²) in [4.78, 5) is 11.8. The maximum atomic E-state index is 13.0. The van der Waals surface area contributed by atoms with Crippen LogP contribution in [0, 0.1) is 5.82 Å². The van der Waals surface area contributed by atoms with Crippen molar-refractivity contribution in [1.29, 1.82) is 0 Å². The summed E-state index contributed by atoms with van der Waals surface area (Å²) >= 11 is 0. The number of anilines is 2. The molecule has 106 valence electrons. The van der Waals surface area contributed by atoms with Crippen molar-refractivity contribution >= 4 is 17.3 Å². The second kappa shape index (κ2) is 7.70. The molecule has 1 amide bonds. The summed E-state index contributed by atoms with van der Waals surface area (Å²) in [6.07, 6.45) is -0.619. The number of hydrogen-bond donors (Lipinski definition) is 2. The highest BCUT2D eigenvalue weighted by Gasteiger charge is 2.13. The predicted octanol–water partition coefficient (Wildman–Crippen LogP) is 1.79. The number of carbonyl (C=O) groups is 1. The average Bonchev–Trinajstić information content (AvgIpc) is 2.38. The highest BCUT2D eigenvalue weighted by molar-refractivity contribution is 5.94. The molecular formula is C13H19FN2O3. The first-order valence-corrected chi connectivity index (χ1v) is 6.09. The highest BCUT2D eigenvalue weighted by Crippen LogP contribution is 2.16. The zero-order valence-electron chi connectivity index (χ0n) is 11.1. The van der Waals surface area contributed by atoms with Gasteiger partial charge in [0.1, 0.15) is 11.9 Å². The van der Waals surface area contributed by atoms with E-state index in [2.05, 4.69) is 5.32 Å². The third-order valence-corrected chi connectivity index (χ3v) is 2.43. The number of nitrogens with one attached hydrogen (secondary N) is 1. The van der Waals surface area contributed by atoms with Crippen LogP contribution in [0.3, 0.4) is 0 Å². The first-order chi connectivity index (χ1) is 9.04. The van der Waals surface area contributed by atoms with Crippen LogP contribution in [0.25, 0.3) is 0 Å². The Bertz CT molecular complexity index is 426. The van der Waals surface area contributed by atoms with E-state index < -0.39 is 11.9 Å². The van der Waals surface area contributed by atoms with E-state index in [-0.39, 0.29) is 11.6 Å². The monoisotopic (exact) mass is 270 g/mol. The zero-order valence-corrected chi connectivity index (χ0v) is 11.1. The molecule has 1 rings (SSSR count). The number of ether oxygens (including phenoxy) is 2. The van der Waals surface area contributed by atoms with Crippen LogP contribution in [0.4, 0.5) is 15.8 Å². The van der Waals surface area contributed by atoms with Crippen molar-refractivity contribution in [2.45, 2.75) is 20.0 Å². The second-order valence-electron chi connectivity index (χ2n) is 3.94. The summed E-state index contributed by atoms with van der Waals surface area (Å²) in [6, 6.07) is 4.00. The molecule has 3 N–H and O–H groups in total. The predicted molar refractivity (Wildman–Crippen MR) is 71.3 cm³/mol. The number of nitrogens with two attached hydrogens (primary N) is 1. The van der Waals surface area contributed by atoms with Crippen molar-refractivity contribution in [3.63, 3.8) is 0 Å². The lowest BCUT2D eigenvalue weighted by Gasteiger charge is -2.13. The third kappa shape index (κ3) is 5.23. The number of rotatable bonds is 7. The van der Waals surface area contributed by atoms with Gasteiger partial charge in [0.25, 0.3) is 5.91 Å². The smallest absolute Gasteiger partial charge is 0.253 e. The zero-order chi connectivity index (χ0) is 14.3. The van der Waals surface area contributed by atoms with Crippen LogP contribution in [0.2, 0.25) is 0 Å². The standard InChI is InChI=1S/C13H19FN2O3/c1-3-18-6-7-19-9(2)13(17)16-10-4-5-11(14)12(15)8-10/h4-5,8-9H,3,6-7,15H2,1-2H3,(H,16,17). The molecule has 0 bridgehead atoms. The fourth-order valence-corrected chi connectivity index (χ4v) is 1.37. The lowest BCUT2D eigenvalue weighted by molar-refractivity contribution is -0.127. The quantitative estimate of drug-likeness (QED) is 0.585. The van der Waals surface area contributed by atoms with Gasteiger partial charge in [-0.2, -0.15) is 0 Å². The van der Waals surface area contributed by atoms with Gasteiger partial charge in [-0.15, -0.1) is 0 Å². The van der Waals surface area contributed by atoms with Gasteiger partial charge >= 0.3 is 0 Å². The Morgan fingerprint density at radius 3 is 2.84 bits per heavy atom. The molecule has 0 radical (unpaired) electrons. The van der Waals surface area contributed by atoms with Crippen molar-refractivity contribution in [3.8, 4) is 0 Å². The largest absolute Gasteiger partial charge is 0.396 e. The molecule has 0 saturated heterocycles. The van der Waals surface area contributed by atoms with Crippen LogP contribution in [0.1, 0.15) is 13.8 Å². The van der Waals surface area contributed by atoms with Gasteiger partial charge in [-0.25, -0.2) is 4.39 Å². The number of nitrogen functional groups attached to an aromatic ring is 1. The van der Waals surface area contributed by atoms with Gasteiger partial charge in [0.15, 0.2) is 0 Å². The van der Waals surface area contributed by atoms with E-state index in [9.17, 15) is 9.18 Å². The van der Waals surface area contributed by atoms with Gasteiger partial charge in [-0.3, -0.25) is 4.79 Å². The number of carbonyl (C=O) groups excluding carboxylic acids is 1. The molecule has 0 aromatic heterocycles. The summed E-state index contributed by atoms with van der Waals surface area (Å²) in [7, 11) is 0. The molecule has 0 saturated carbocycles. The van der Waals surface area contributed by atoms with Crippen LogP contribution in [0.5, 0.6) is 0 Å². The molecule has 1 unspecified atom stereocenters. The van der Waals surface area contributed by atoms with Gasteiger partial charge in [0.2, 0.25) is 0 Å². The van der Waals surface area contributed by atoms with Crippen LogP contribution in [0.15, 0.2) is 18.2 Å². The van der Waals surface area contributed by atoms with E-state index in [4.69, 9.17) is 15.2 Å². The Kier molecular flexibility index (Phi) is 6.24. The summed E-state index contributed by atoms with van der Waals surface area (Å²) < 4.78 is 23.3. The molecule has 0 aliphatic heterocycles. The van der Waals surface area contributed by atoms with Gasteiger partial charge in [-0.05, 0) is 32.0 Å². The first kappa shape index (κ1) is 15.4.